The van der Waals surface area contributed by atoms with Crippen molar-refractivity contribution >= 4 is 5.65 Å². The van der Waals surface area contributed by atoms with Crippen molar-refractivity contribution in [1.29, 1.82) is 0 Å². The molecule has 5 rings (SSSR count). The molecule has 0 unspecified atom stereocenters. The molecule has 0 radical (unpaired) electrons. The zero-order chi connectivity index (χ0) is 19.6. The van der Waals surface area contributed by atoms with Crippen LogP contribution in [0, 0.1) is 0 Å². The summed E-state index contributed by atoms with van der Waals surface area (Å²) in [5.74, 6) is 1.80. The van der Waals surface area contributed by atoms with Gasteiger partial charge in [-0.25, -0.2) is 19.5 Å². The van der Waals surface area contributed by atoms with Gasteiger partial charge in [-0.3, -0.25) is 0 Å². The summed E-state index contributed by atoms with van der Waals surface area (Å²) in [4.78, 5) is 13.5. The molecule has 1 N–H and O–H groups in total. The molecule has 7 heteroatoms. The Kier molecular flexibility index (Phi) is 4.65. The van der Waals surface area contributed by atoms with Crippen molar-refractivity contribution in [2.24, 2.45) is 0 Å². The molecule has 1 saturated heterocycles. The lowest BCUT2D eigenvalue weighted by molar-refractivity contribution is 0.396. The highest BCUT2D eigenvalue weighted by Crippen LogP contribution is 2.29. The molecule has 1 aliphatic heterocycles. The molecule has 0 spiro atoms. The number of nitrogens with zero attached hydrogens (tertiary/aromatic N) is 5. The van der Waals surface area contributed by atoms with Crippen molar-refractivity contribution in [3.63, 3.8) is 0 Å². The second kappa shape index (κ2) is 7.60. The summed E-state index contributed by atoms with van der Waals surface area (Å²) in [6, 6.07) is 12.6. The largest absolute Gasteiger partial charge is 0.480 e. The van der Waals surface area contributed by atoms with E-state index in [1.165, 1.54) is 18.4 Å². The SMILES string of the molecule is COc1cnc(-c2cccn3nc(-c4cccc(C5CCNCC5)c4)nc23)cn1. The third-order valence-corrected chi connectivity index (χ3v) is 5.43. The summed E-state index contributed by atoms with van der Waals surface area (Å²) in [5.41, 5.74) is 4.78. The minimum atomic E-state index is 0.484. The fourth-order valence-electron chi connectivity index (χ4n) is 3.88. The zero-order valence-electron chi connectivity index (χ0n) is 16.2. The highest BCUT2D eigenvalue weighted by atomic mass is 16.5. The van der Waals surface area contributed by atoms with Gasteiger partial charge in [-0.05, 0) is 55.6 Å². The first-order chi connectivity index (χ1) is 14.3. The number of ether oxygens (including phenoxy) is 1. The van der Waals surface area contributed by atoms with Crippen molar-refractivity contribution in [2.75, 3.05) is 20.2 Å². The maximum atomic E-state index is 5.10. The highest BCUT2D eigenvalue weighted by molar-refractivity contribution is 5.76. The molecule has 4 aromatic rings. The molecule has 7 nitrogen and oxygen atoms in total. The van der Waals surface area contributed by atoms with Crippen molar-refractivity contribution in [1.82, 2.24) is 29.9 Å². The van der Waals surface area contributed by atoms with Gasteiger partial charge in [-0.1, -0.05) is 18.2 Å². The molecule has 4 heterocycles. The van der Waals surface area contributed by atoms with Gasteiger partial charge < -0.3 is 10.1 Å². The van der Waals surface area contributed by atoms with Crippen LogP contribution in [0.25, 0.3) is 28.3 Å². The number of hydrogen-bond acceptors (Lipinski definition) is 6. The van der Waals surface area contributed by atoms with Gasteiger partial charge in [0.15, 0.2) is 11.5 Å². The number of fused-ring (bicyclic) bond motifs is 1. The van der Waals surface area contributed by atoms with Crippen LogP contribution in [-0.4, -0.2) is 44.8 Å². The number of hydrogen-bond donors (Lipinski definition) is 1. The smallest absolute Gasteiger partial charge is 0.232 e. The van der Waals surface area contributed by atoms with Crippen molar-refractivity contribution in [2.45, 2.75) is 18.8 Å². The minimum Gasteiger partial charge on any atom is -0.480 e. The van der Waals surface area contributed by atoms with E-state index in [-0.39, 0.29) is 0 Å². The van der Waals surface area contributed by atoms with Crippen LogP contribution < -0.4 is 10.1 Å². The zero-order valence-corrected chi connectivity index (χ0v) is 16.2. The van der Waals surface area contributed by atoms with Gasteiger partial charge in [0, 0.05) is 17.3 Å². The lowest BCUT2D eigenvalue weighted by Crippen LogP contribution is -2.26. The maximum Gasteiger partial charge on any atom is 0.232 e. The lowest BCUT2D eigenvalue weighted by Gasteiger charge is -2.23. The topological polar surface area (TPSA) is 77.2 Å². The number of nitrogens with one attached hydrogen (secondary N) is 1. The van der Waals surface area contributed by atoms with E-state index < -0.39 is 0 Å². The van der Waals surface area contributed by atoms with Crippen LogP contribution in [0.5, 0.6) is 5.88 Å². The molecule has 1 aliphatic rings. The Bertz CT molecular complexity index is 1130. The molecular formula is C22H22N6O. The molecule has 0 aliphatic carbocycles. The Labute approximate surface area is 168 Å². The predicted octanol–water partition coefficient (Wildman–Crippen LogP) is 3.33. The molecule has 29 heavy (non-hydrogen) atoms. The molecule has 146 valence electrons. The quantitative estimate of drug-likeness (QED) is 0.580. The van der Waals surface area contributed by atoms with Crippen LogP contribution in [0.2, 0.25) is 0 Å². The van der Waals surface area contributed by atoms with Gasteiger partial charge in [0.1, 0.15) is 0 Å². The van der Waals surface area contributed by atoms with Crippen LogP contribution in [0.15, 0.2) is 55.0 Å². The Balaban J connectivity index is 1.53. The Morgan fingerprint density at radius 2 is 1.97 bits per heavy atom. The molecular weight excluding hydrogens is 364 g/mol. The molecule has 3 aromatic heterocycles. The number of methoxy groups -OCH3 is 1. The normalized spacial score (nSPS) is 14.9. The first kappa shape index (κ1) is 17.8. The Morgan fingerprint density at radius 1 is 1.07 bits per heavy atom. The van der Waals surface area contributed by atoms with E-state index in [1.807, 2.05) is 18.3 Å². The van der Waals surface area contributed by atoms with Crippen molar-refractivity contribution in [3.8, 4) is 28.5 Å². The van der Waals surface area contributed by atoms with Crippen LogP contribution in [0.4, 0.5) is 0 Å². The predicted molar refractivity (Wildman–Crippen MR) is 111 cm³/mol. The lowest BCUT2D eigenvalue weighted by atomic mass is 9.89. The number of benzene rings is 1. The number of pyridine rings is 1. The van der Waals surface area contributed by atoms with Crippen LogP contribution >= 0.6 is 0 Å². The molecule has 0 atom stereocenters. The molecule has 0 bridgehead atoms. The average Bonchev–Trinajstić information content (AvgIpc) is 3.24. The van der Waals surface area contributed by atoms with E-state index in [4.69, 9.17) is 14.8 Å². The summed E-state index contributed by atoms with van der Waals surface area (Å²) in [6.45, 7) is 2.15. The van der Waals surface area contributed by atoms with Gasteiger partial charge in [-0.2, -0.15) is 0 Å². The number of aromatic nitrogens is 5. The van der Waals surface area contributed by atoms with Gasteiger partial charge >= 0.3 is 0 Å². The highest BCUT2D eigenvalue weighted by Gasteiger charge is 2.17. The van der Waals surface area contributed by atoms with Gasteiger partial charge in [0.05, 0.1) is 25.2 Å². The van der Waals surface area contributed by atoms with E-state index in [2.05, 4.69) is 39.6 Å². The molecule has 1 aromatic carbocycles. The third kappa shape index (κ3) is 3.45. The van der Waals surface area contributed by atoms with E-state index in [1.54, 1.807) is 24.0 Å². The second-order valence-electron chi connectivity index (χ2n) is 7.22. The summed E-state index contributed by atoms with van der Waals surface area (Å²) in [7, 11) is 1.58. The fraction of sp³-hybridized carbons (Fsp3) is 0.273. The second-order valence-corrected chi connectivity index (χ2v) is 7.22. The summed E-state index contributed by atoms with van der Waals surface area (Å²) in [6.07, 6.45) is 7.55. The standard InChI is InChI=1S/C22H22N6O/c1-29-20-14-24-19(13-25-20)18-6-3-11-28-22(18)26-21(27-28)17-5-2-4-16(12-17)15-7-9-23-10-8-15/h2-6,11-15,23H,7-10H2,1H3. The first-order valence-corrected chi connectivity index (χ1v) is 9.84. The average molecular weight is 386 g/mol. The Morgan fingerprint density at radius 3 is 2.76 bits per heavy atom. The number of piperidine rings is 1. The van der Waals surface area contributed by atoms with Crippen LogP contribution in [-0.2, 0) is 0 Å². The monoisotopic (exact) mass is 386 g/mol. The Hall–Kier alpha value is -3.32. The molecule has 1 fully saturated rings. The minimum absolute atomic E-state index is 0.484. The summed E-state index contributed by atoms with van der Waals surface area (Å²) in [5, 5.41) is 8.14. The summed E-state index contributed by atoms with van der Waals surface area (Å²) < 4.78 is 6.90. The van der Waals surface area contributed by atoms with Crippen molar-refractivity contribution in [3.05, 3.63) is 60.6 Å². The van der Waals surface area contributed by atoms with Gasteiger partial charge in [0.2, 0.25) is 5.88 Å². The first-order valence-electron chi connectivity index (χ1n) is 9.84. The van der Waals surface area contributed by atoms with E-state index in [0.29, 0.717) is 11.8 Å². The number of rotatable bonds is 4. The van der Waals surface area contributed by atoms with Gasteiger partial charge in [-0.15, -0.1) is 5.10 Å². The fourth-order valence-corrected chi connectivity index (χ4v) is 3.88. The van der Waals surface area contributed by atoms with Crippen LogP contribution in [0.3, 0.4) is 0 Å². The molecule has 0 amide bonds. The van der Waals surface area contributed by atoms with Crippen molar-refractivity contribution < 1.29 is 4.74 Å². The van der Waals surface area contributed by atoms with Gasteiger partial charge in [0.25, 0.3) is 0 Å². The molecule has 0 saturated carbocycles. The van der Waals surface area contributed by atoms with E-state index in [9.17, 15) is 0 Å². The van der Waals surface area contributed by atoms with E-state index >= 15 is 0 Å². The maximum absolute atomic E-state index is 5.10. The van der Waals surface area contributed by atoms with E-state index in [0.717, 1.165) is 41.4 Å². The third-order valence-electron chi connectivity index (χ3n) is 5.43. The van der Waals surface area contributed by atoms with Crippen LogP contribution in [0.1, 0.15) is 24.3 Å². The summed E-state index contributed by atoms with van der Waals surface area (Å²) >= 11 is 0.